The minimum absolute atomic E-state index is 0.0516. The van der Waals surface area contributed by atoms with E-state index in [2.05, 4.69) is 20.9 Å². The van der Waals surface area contributed by atoms with E-state index in [9.17, 15) is 18.3 Å². The summed E-state index contributed by atoms with van der Waals surface area (Å²) >= 11 is 4.45. The number of carboxylic acid groups (broad SMARTS) is 1. The molecule has 0 aliphatic heterocycles. The van der Waals surface area contributed by atoms with Crippen molar-refractivity contribution in [2.45, 2.75) is 4.90 Å². The molecule has 0 spiro atoms. The SMILES string of the molecule is COc1c(C(=O)O)sc(-c2ccnc3c2ccn3S(=O)(=O)c2ccccc2)c1Br. The minimum Gasteiger partial charge on any atom is -0.494 e. The van der Waals surface area contributed by atoms with Gasteiger partial charge in [-0.2, -0.15) is 0 Å². The number of hydrogen-bond acceptors (Lipinski definition) is 6. The summed E-state index contributed by atoms with van der Waals surface area (Å²) in [5.41, 5.74) is 0.905. The van der Waals surface area contributed by atoms with Gasteiger partial charge in [0.25, 0.3) is 10.0 Å². The Morgan fingerprint density at radius 2 is 1.93 bits per heavy atom. The first-order chi connectivity index (χ1) is 13.9. The van der Waals surface area contributed by atoms with Crippen LogP contribution in [0.3, 0.4) is 0 Å². The number of methoxy groups -OCH3 is 1. The van der Waals surface area contributed by atoms with Gasteiger partial charge in [-0.05, 0) is 40.2 Å². The molecule has 0 aliphatic carbocycles. The van der Waals surface area contributed by atoms with Crippen LogP contribution >= 0.6 is 27.3 Å². The average molecular weight is 493 g/mol. The Bertz CT molecular complexity index is 1340. The molecule has 148 valence electrons. The number of fused-ring (bicyclic) bond motifs is 1. The van der Waals surface area contributed by atoms with Crippen LogP contribution in [-0.2, 0) is 10.0 Å². The monoisotopic (exact) mass is 492 g/mol. The number of carbonyl (C=O) groups is 1. The van der Waals surface area contributed by atoms with Crippen molar-refractivity contribution in [2.24, 2.45) is 0 Å². The second-order valence-corrected chi connectivity index (χ2v) is 9.57. The van der Waals surface area contributed by atoms with Gasteiger partial charge in [-0.1, -0.05) is 18.2 Å². The summed E-state index contributed by atoms with van der Waals surface area (Å²) in [6.45, 7) is 0. The maximum Gasteiger partial charge on any atom is 0.349 e. The van der Waals surface area contributed by atoms with Gasteiger partial charge in [-0.25, -0.2) is 22.2 Å². The highest BCUT2D eigenvalue weighted by Gasteiger charge is 2.26. The van der Waals surface area contributed by atoms with Crippen LogP contribution in [0.5, 0.6) is 5.75 Å². The fourth-order valence-corrected chi connectivity index (χ4v) is 6.32. The molecule has 0 radical (unpaired) electrons. The predicted octanol–water partition coefficient (Wildman–Crippen LogP) is 4.47. The number of benzene rings is 1. The smallest absolute Gasteiger partial charge is 0.349 e. The number of aromatic carboxylic acids is 1. The van der Waals surface area contributed by atoms with Crippen molar-refractivity contribution >= 4 is 54.3 Å². The van der Waals surface area contributed by atoms with Crippen LogP contribution in [0.2, 0.25) is 0 Å². The van der Waals surface area contributed by atoms with Gasteiger partial charge in [0.2, 0.25) is 0 Å². The summed E-state index contributed by atoms with van der Waals surface area (Å²) in [6.07, 6.45) is 2.94. The zero-order valence-corrected chi connectivity index (χ0v) is 18.1. The molecule has 0 unspecified atom stereocenters. The summed E-state index contributed by atoms with van der Waals surface area (Å²) in [4.78, 5) is 16.6. The van der Waals surface area contributed by atoms with Crippen molar-refractivity contribution in [3.05, 3.63) is 64.2 Å². The molecule has 0 aliphatic rings. The highest BCUT2D eigenvalue weighted by Crippen LogP contribution is 2.47. The quantitative estimate of drug-likeness (QED) is 0.441. The molecule has 1 N–H and O–H groups in total. The molecule has 29 heavy (non-hydrogen) atoms. The van der Waals surface area contributed by atoms with E-state index >= 15 is 0 Å². The molecule has 3 aromatic heterocycles. The summed E-state index contributed by atoms with van der Waals surface area (Å²) in [5.74, 6) is -0.882. The van der Waals surface area contributed by atoms with Gasteiger partial charge in [0.15, 0.2) is 16.3 Å². The van der Waals surface area contributed by atoms with E-state index in [0.29, 0.717) is 20.3 Å². The molecule has 1 aromatic carbocycles. The zero-order chi connectivity index (χ0) is 20.8. The maximum absolute atomic E-state index is 13.0. The third-order valence-electron chi connectivity index (χ3n) is 4.31. The molecule has 4 aromatic rings. The van der Waals surface area contributed by atoms with Crippen molar-refractivity contribution in [2.75, 3.05) is 7.11 Å². The van der Waals surface area contributed by atoms with Gasteiger partial charge in [0.05, 0.1) is 21.4 Å². The van der Waals surface area contributed by atoms with Crippen LogP contribution in [0.4, 0.5) is 0 Å². The van der Waals surface area contributed by atoms with Gasteiger partial charge < -0.3 is 9.84 Å². The Morgan fingerprint density at radius 1 is 1.21 bits per heavy atom. The highest BCUT2D eigenvalue weighted by atomic mass is 79.9. The van der Waals surface area contributed by atoms with Gasteiger partial charge in [0.1, 0.15) is 0 Å². The Hall–Kier alpha value is -2.69. The normalized spacial score (nSPS) is 11.7. The van der Waals surface area contributed by atoms with Crippen LogP contribution < -0.4 is 4.74 Å². The zero-order valence-electron chi connectivity index (χ0n) is 14.9. The largest absolute Gasteiger partial charge is 0.494 e. The molecule has 0 amide bonds. The van der Waals surface area contributed by atoms with Crippen LogP contribution in [0.25, 0.3) is 21.5 Å². The summed E-state index contributed by atoms with van der Waals surface area (Å²) < 4.78 is 32.9. The maximum atomic E-state index is 13.0. The van der Waals surface area contributed by atoms with Crippen molar-refractivity contribution < 1.29 is 23.1 Å². The highest BCUT2D eigenvalue weighted by molar-refractivity contribution is 9.10. The first-order valence-corrected chi connectivity index (χ1v) is 11.3. The number of ether oxygens (including phenoxy) is 1. The van der Waals surface area contributed by atoms with E-state index in [0.717, 1.165) is 15.3 Å². The summed E-state index contributed by atoms with van der Waals surface area (Å²) in [5, 5.41) is 10.0. The van der Waals surface area contributed by atoms with Crippen LogP contribution in [0.1, 0.15) is 9.67 Å². The minimum atomic E-state index is -3.83. The lowest BCUT2D eigenvalue weighted by molar-refractivity contribution is 0.0699. The molecule has 0 atom stereocenters. The lowest BCUT2D eigenvalue weighted by Gasteiger charge is -2.08. The number of carboxylic acids is 1. The molecule has 0 bridgehead atoms. The fraction of sp³-hybridized carbons (Fsp3) is 0.0526. The van der Waals surface area contributed by atoms with Crippen molar-refractivity contribution in [1.29, 1.82) is 0 Å². The van der Waals surface area contributed by atoms with Crippen LogP contribution in [0, 0.1) is 0 Å². The van der Waals surface area contributed by atoms with E-state index in [1.165, 1.54) is 31.6 Å². The van der Waals surface area contributed by atoms with E-state index in [4.69, 9.17) is 4.74 Å². The van der Waals surface area contributed by atoms with Crippen molar-refractivity contribution in [3.63, 3.8) is 0 Å². The lowest BCUT2D eigenvalue weighted by atomic mass is 10.1. The molecule has 0 saturated heterocycles. The Balaban J connectivity index is 1.94. The number of pyridine rings is 1. The number of halogens is 1. The van der Waals surface area contributed by atoms with E-state index < -0.39 is 16.0 Å². The average Bonchev–Trinajstić information content (AvgIpc) is 3.30. The first-order valence-electron chi connectivity index (χ1n) is 8.23. The van der Waals surface area contributed by atoms with Gasteiger partial charge in [-0.3, -0.25) is 0 Å². The molecule has 0 saturated carbocycles. The van der Waals surface area contributed by atoms with E-state index in [1.807, 2.05) is 0 Å². The Kier molecular flexibility index (Phi) is 4.93. The van der Waals surface area contributed by atoms with Crippen molar-refractivity contribution in [1.82, 2.24) is 8.96 Å². The van der Waals surface area contributed by atoms with Gasteiger partial charge in [-0.15, -0.1) is 11.3 Å². The number of thiophene rings is 1. The van der Waals surface area contributed by atoms with Crippen LogP contribution in [0.15, 0.2) is 64.2 Å². The topological polar surface area (TPSA) is 98.5 Å². The molecule has 3 heterocycles. The third-order valence-corrected chi connectivity index (χ3v) is 8.20. The van der Waals surface area contributed by atoms with Crippen LogP contribution in [-0.4, -0.2) is 35.6 Å². The molecule has 4 rings (SSSR count). The van der Waals surface area contributed by atoms with E-state index in [-0.39, 0.29) is 21.2 Å². The number of hydrogen-bond donors (Lipinski definition) is 1. The number of nitrogens with zero attached hydrogens (tertiary/aromatic N) is 2. The van der Waals surface area contributed by atoms with Crippen molar-refractivity contribution in [3.8, 4) is 16.2 Å². The number of rotatable bonds is 5. The summed E-state index contributed by atoms with van der Waals surface area (Å²) in [6, 6.07) is 11.4. The molecular weight excluding hydrogens is 480 g/mol. The third kappa shape index (κ3) is 3.13. The molecule has 7 nitrogen and oxygen atoms in total. The van der Waals surface area contributed by atoms with Gasteiger partial charge >= 0.3 is 5.97 Å². The molecule has 10 heteroatoms. The Morgan fingerprint density at radius 3 is 2.55 bits per heavy atom. The standard InChI is InChI=1S/C19H13BrN2O5S2/c1-27-15-14(20)16(28-17(15)19(23)24)12-7-9-21-18-13(12)8-10-22(18)29(25,26)11-5-3-2-4-6-11/h2-10H,1H3,(H,23,24). The Labute approximate surface area is 178 Å². The second kappa shape index (κ2) is 7.29. The second-order valence-electron chi connectivity index (χ2n) is 5.94. The number of aromatic nitrogens is 2. The summed E-state index contributed by atoms with van der Waals surface area (Å²) in [7, 11) is -2.43. The fourth-order valence-electron chi connectivity index (χ4n) is 3.01. The van der Waals surface area contributed by atoms with Gasteiger partial charge in [0, 0.05) is 23.3 Å². The lowest BCUT2D eigenvalue weighted by Crippen LogP contribution is -2.12. The molecule has 0 fully saturated rings. The predicted molar refractivity (Wildman–Crippen MR) is 113 cm³/mol. The van der Waals surface area contributed by atoms with E-state index in [1.54, 1.807) is 30.3 Å². The first kappa shape index (κ1) is 19.6. The molecular formula is C19H13BrN2O5S2.